The molecule has 2 unspecified atom stereocenters. The van der Waals surface area contributed by atoms with Crippen molar-refractivity contribution in [1.29, 1.82) is 0 Å². The molecule has 0 saturated carbocycles. The second-order valence-electron chi connectivity index (χ2n) is 3.12. The zero-order valence-corrected chi connectivity index (χ0v) is 7.93. The van der Waals surface area contributed by atoms with Gasteiger partial charge < -0.3 is 21.7 Å². The molecule has 1 heterocycles. The van der Waals surface area contributed by atoms with Crippen LogP contribution in [0, 0.1) is 0 Å². The lowest BCUT2D eigenvalue weighted by molar-refractivity contribution is -0.126. The van der Waals surface area contributed by atoms with Gasteiger partial charge in [-0.3, -0.25) is 9.59 Å². The maximum Gasteiger partial charge on any atom is 0.244 e. The quantitative estimate of drug-likeness (QED) is 0.476. The van der Waals surface area contributed by atoms with Crippen LogP contribution in [0.2, 0.25) is 0 Å². The summed E-state index contributed by atoms with van der Waals surface area (Å²) in [5.41, 5.74) is 10.7. The third-order valence-electron chi connectivity index (χ3n) is 2.08. The molecule has 0 radical (unpaired) electrons. The Bertz CT molecular complexity index is 277. The molecule has 6 heteroatoms. The van der Waals surface area contributed by atoms with Crippen LogP contribution in [0.5, 0.6) is 0 Å². The first-order valence-electron chi connectivity index (χ1n) is 4.26. The van der Waals surface area contributed by atoms with E-state index in [1.54, 1.807) is 12.3 Å². The first-order chi connectivity index (χ1) is 6.56. The van der Waals surface area contributed by atoms with Gasteiger partial charge in [-0.1, -0.05) is 0 Å². The van der Waals surface area contributed by atoms with Crippen molar-refractivity contribution in [2.24, 2.45) is 11.5 Å². The van der Waals surface area contributed by atoms with Gasteiger partial charge >= 0.3 is 0 Å². The Labute approximate surface area is 81.9 Å². The summed E-state index contributed by atoms with van der Waals surface area (Å²) in [6, 6.07) is -0.929. The standard InChI is InChI=1S/C8H14N4O2/c1-11-8(14)7-5(9)2-3-12(7)4-6(10)13/h2-3,5,7H,4,9H2,1H3,(H2,10,13)(H,11,14). The summed E-state index contributed by atoms with van der Waals surface area (Å²) in [7, 11) is 1.52. The number of nitrogens with one attached hydrogen (secondary N) is 1. The highest BCUT2D eigenvalue weighted by Gasteiger charge is 2.32. The van der Waals surface area contributed by atoms with Crippen molar-refractivity contribution < 1.29 is 9.59 Å². The van der Waals surface area contributed by atoms with Crippen molar-refractivity contribution in [3.8, 4) is 0 Å². The van der Waals surface area contributed by atoms with Crippen LogP contribution in [-0.2, 0) is 9.59 Å². The monoisotopic (exact) mass is 198 g/mol. The summed E-state index contributed by atoms with van der Waals surface area (Å²) in [4.78, 5) is 23.6. The van der Waals surface area contributed by atoms with Gasteiger partial charge in [-0.25, -0.2) is 0 Å². The van der Waals surface area contributed by atoms with E-state index < -0.39 is 18.0 Å². The van der Waals surface area contributed by atoms with Gasteiger partial charge in [0.15, 0.2) is 0 Å². The summed E-state index contributed by atoms with van der Waals surface area (Å²) in [5.74, 6) is -0.707. The number of amides is 2. The highest BCUT2D eigenvalue weighted by molar-refractivity contribution is 5.84. The number of hydrogen-bond donors (Lipinski definition) is 3. The van der Waals surface area contributed by atoms with Crippen molar-refractivity contribution >= 4 is 11.8 Å². The lowest BCUT2D eigenvalue weighted by Gasteiger charge is -2.25. The Morgan fingerprint density at radius 2 is 2.21 bits per heavy atom. The van der Waals surface area contributed by atoms with Crippen LogP contribution in [-0.4, -0.2) is 42.4 Å². The fourth-order valence-electron chi connectivity index (χ4n) is 1.43. The molecule has 0 spiro atoms. The smallest absolute Gasteiger partial charge is 0.244 e. The molecule has 0 aromatic carbocycles. The maximum absolute atomic E-state index is 11.4. The predicted molar refractivity (Wildman–Crippen MR) is 50.9 cm³/mol. The number of hydrogen-bond acceptors (Lipinski definition) is 4. The van der Waals surface area contributed by atoms with E-state index in [-0.39, 0.29) is 12.5 Å². The number of nitrogens with zero attached hydrogens (tertiary/aromatic N) is 1. The average Bonchev–Trinajstić information content (AvgIpc) is 2.45. The molecule has 0 saturated heterocycles. The minimum atomic E-state index is -0.535. The van der Waals surface area contributed by atoms with Gasteiger partial charge in [0.25, 0.3) is 0 Å². The minimum absolute atomic E-state index is 0.00227. The van der Waals surface area contributed by atoms with E-state index >= 15 is 0 Å². The number of carbonyl (C=O) groups is 2. The van der Waals surface area contributed by atoms with Crippen LogP contribution in [0.15, 0.2) is 12.3 Å². The summed E-state index contributed by atoms with van der Waals surface area (Å²) in [5, 5.41) is 2.49. The van der Waals surface area contributed by atoms with Gasteiger partial charge in [-0.05, 0) is 12.3 Å². The number of rotatable bonds is 3. The molecule has 2 amide bonds. The minimum Gasteiger partial charge on any atom is -0.368 e. The van der Waals surface area contributed by atoms with Crippen LogP contribution < -0.4 is 16.8 Å². The molecule has 1 aliphatic heterocycles. The van der Waals surface area contributed by atoms with E-state index in [0.717, 1.165) is 0 Å². The second-order valence-corrected chi connectivity index (χ2v) is 3.12. The van der Waals surface area contributed by atoms with Gasteiger partial charge in [-0.15, -0.1) is 0 Å². The largest absolute Gasteiger partial charge is 0.368 e. The molecule has 0 aromatic heterocycles. The molecular formula is C8H14N4O2. The molecule has 5 N–H and O–H groups in total. The topological polar surface area (TPSA) is 101 Å². The van der Waals surface area contributed by atoms with Gasteiger partial charge in [0.2, 0.25) is 11.8 Å². The molecule has 14 heavy (non-hydrogen) atoms. The molecule has 0 fully saturated rings. The zero-order chi connectivity index (χ0) is 10.7. The summed E-state index contributed by atoms with van der Waals surface area (Å²) < 4.78 is 0. The summed E-state index contributed by atoms with van der Waals surface area (Å²) in [6.07, 6.45) is 3.29. The molecule has 6 nitrogen and oxygen atoms in total. The second kappa shape index (κ2) is 4.10. The molecule has 1 aliphatic rings. The lowest BCUT2D eigenvalue weighted by Crippen LogP contribution is -2.51. The molecule has 2 atom stereocenters. The highest BCUT2D eigenvalue weighted by atomic mass is 16.2. The van der Waals surface area contributed by atoms with Crippen LogP contribution in [0.1, 0.15) is 0 Å². The van der Waals surface area contributed by atoms with E-state index in [1.165, 1.54) is 11.9 Å². The number of carbonyl (C=O) groups excluding carboxylic acids is 2. The summed E-state index contributed by atoms with van der Waals surface area (Å²) >= 11 is 0. The van der Waals surface area contributed by atoms with Gasteiger partial charge in [0.05, 0.1) is 12.6 Å². The molecule has 0 aromatic rings. The fourth-order valence-corrected chi connectivity index (χ4v) is 1.43. The third-order valence-corrected chi connectivity index (χ3v) is 2.08. The zero-order valence-electron chi connectivity index (χ0n) is 7.93. The first-order valence-corrected chi connectivity index (χ1v) is 4.26. The van der Waals surface area contributed by atoms with Crippen molar-refractivity contribution in [1.82, 2.24) is 10.2 Å². The van der Waals surface area contributed by atoms with E-state index in [1.807, 2.05) is 0 Å². The van der Waals surface area contributed by atoms with Gasteiger partial charge in [0, 0.05) is 7.05 Å². The van der Waals surface area contributed by atoms with Crippen molar-refractivity contribution in [3.05, 3.63) is 12.3 Å². The number of primary amides is 1. The predicted octanol–water partition coefficient (Wildman–Crippen LogP) is -2.26. The van der Waals surface area contributed by atoms with E-state index in [0.29, 0.717) is 0 Å². The fraction of sp³-hybridized carbons (Fsp3) is 0.500. The molecular weight excluding hydrogens is 184 g/mol. The van der Waals surface area contributed by atoms with Crippen molar-refractivity contribution in [2.75, 3.05) is 13.6 Å². The molecule has 0 aliphatic carbocycles. The molecule has 0 bridgehead atoms. The summed E-state index contributed by atoms with van der Waals surface area (Å²) in [6.45, 7) is 0.00227. The van der Waals surface area contributed by atoms with E-state index in [4.69, 9.17) is 11.5 Å². The Balaban J connectivity index is 2.70. The van der Waals surface area contributed by atoms with E-state index in [2.05, 4.69) is 5.32 Å². The van der Waals surface area contributed by atoms with Gasteiger partial charge in [-0.2, -0.15) is 0 Å². The van der Waals surface area contributed by atoms with E-state index in [9.17, 15) is 9.59 Å². The molecule has 1 rings (SSSR count). The Morgan fingerprint density at radius 1 is 1.57 bits per heavy atom. The Kier molecular flexibility index (Phi) is 3.08. The molecule has 78 valence electrons. The van der Waals surface area contributed by atoms with Crippen LogP contribution in [0.4, 0.5) is 0 Å². The van der Waals surface area contributed by atoms with Crippen LogP contribution >= 0.6 is 0 Å². The van der Waals surface area contributed by atoms with Crippen molar-refractivity contribution in [2.45, 2.75) is 12.1 Å². The average molecular weight is 198 g/mol. The number of nitrogens with two attached hydrogens (primary N) is 2. The van der Waals surface area contributed by atoms with Crippen LogP contribution in [0.3, 0.4) is 0 Å². The first kappa shape index (κ1) is 10.5. The SMILES string of the molecule is CNC(=O)C1C(N)C=CN1CC(N)=O. The third kappa shape index (κ3) is 2.02. The number of likely N-dealkylation sites (N-methyl/N-ethyl adjacent to an activating group) is 1. The Morgan fingerprint density at radius 3 is 2.71 bits per heavy atom. The normalized spacial score (nSPS) is 25.1. The maximum atomic E-state index is 11.4. The van der Waals surface area contributed by atoms with Gasteiger partial charge in [0.1, 0.15) is 6.04 Å². The lowest BCUT2D eigenvalue weighted by atomic mass is 10.1. The highest BCUT2D eigenvalue weighted by Crippen LogP contribution is 2.12. The van der Waals surface area contributed by atoms with Crippen molar-refractivity contribution in [3.63, 3.8) is 0 Å². The Hall–Kier alpha value is -1.56. The van der Waals surface area contributed by atoms with Crippen LogP contribution in [0.25, 0.3) is 0 Å².